The first-order valence-electron chi connectivity index (χ1n) is 5.73. The lowest BCUT2D eigenvalue weighted by molar-refractivity contribution is 0.613. The predicted octanol–water partition coefficient (Wildman–Crippen LogP) is 2.55. The van der Waals surface area contributed by atoms with Crippen LogP contribution in [0.3, 0.4) is 0 Å². The Labute approximate surface area is 104 Å². The molecule has 0 aliphatic carbocycles. The molecule has 4 nitrogen and oxygen atoms in total. The molecule has 2 aromatic rings. The number of imidazole rings is 1. The van der Waals surface area contributed by atoms with Gasteiger partial charge in [0.1, 0.15) is 11.0 Å². The third kappa shape index (κ3) is 2.18. The lowest BCUT2D eigenvalue weighted by Crippen LogP contribution is -2.14. The topological polar surface area (TPSA) is 53.6 Å². The Bertz CT molecular complexity index is 499. The van der Waals surface area contributed by atoms with Gasteiger partial charge in [-0.05, 0) is 31.5 Å². The number of aromatic amines is 1. The maximum atomic E-state index is 5.76. The number of H-pyrrole nitrogens is 1. The summed E-state index contributed by atoms with van der Waals surface area (Å²) in [6.07, 6.45) is 5.96. The monoisotopic (exact) mass is 248 g/mol. The van der Waals surface area contributed by atoms with Crippen LogP contribution in [0.1, 0.15) is 24.7 Å². The van der Waals surface area contributed by atoms with E-state index in [9.17, 15) is 0 Å². The first-order valence-corrected chi connectivity index (χ1v) is 6.11. The van der Waals surface area contributed by atoms with Crippen LogP contribution in [0.2, 0.25) is 5.15 Å². The molecule has 3 heterocycles. The highest BCUT2D eigenvalue weighted by Gasteiger charge is 2.19. The molecule has 1 fully saturated rings. The normalized spacial score (nSPS) is 19.7. The molecule has 1 atom stereocenters. The van der Waals surface area contributed by atoms with E-state index < -0.39 is 0 Å². The van der Waals surface area contributed by atoms with Gasteiger partial charge in [-0.2, -0.15) is 0 Å². The number of nitrogens with one attached hydrogen (secondary N) is 2. The van der Waals surface area contributed by atoms with E-state index in [1.165, 1.54) is 6.42 Å². The minimum absolute atomic E-state index is 0.365. The van der Waals surface area contributed by atoms with Crippen LogP contribution in [0.15, 0.2) is 24.5 Å². The molecule has 0 spiro atoms. The van der Waals surface area contributed by atoms with Gasteiger partial charge in [-0.1, -0.05) is 11.6 Å². The summed E-state index contributed by atoms with van der Waals surface area (Å²) in [5.41, 5.74) is 1.99. The van der Waals surface area contributed by atoms with Crippen molar-refractivity contribution >= 4 is 11.6 Å². The number of hydrogen-bond donors (Lipinski definition) is 2. The molecule has 0 unspecified atom stereocenters. The van der Waals surface area contributed by atoms with Crippen molar-refractivity contribution in [3.63, 3.8) is 0 Å². The summed E-state index contributed by atoms with van der Waals surface area (Å²) in [6.45, 7) is 1.07. The van der Waals surface area contributed by atoms with Gasteiger partial charge in [-0.15, -0.1) is 0 Å². The quantitative estimate of drug-likeness (QED) is 0.803. The van der Waals surface area contributed by atoms with E-state index in [0.717, 1.165) is 30.0 Å². The van der Waals surface area contributed by atoms with Gasteiger partial charge in [0.05, 0.1) is 17.9 Å². The van der Waals surface area contributed by atoms with Crippen molar-refractivity contribution in [3.05, 3.63) is 35.5 Å². The molecule has 3 rings (SSSR count). The first-order chi connectivity index (χ1) is 8.33. The van der Waals surface area contributed by atoms with Crippen molar-refractivity contribution < 1.29 is 0 Å². The zero-order valence-corrected chi connectivity index (χ0v) is 10.0. The second-order valence-electron chi connectivity index (χ2n) is 4.20. The molecule has 2 N–H and O–H groups in total. The summed E-state index contributed by atoms with van der Waals surface area (Å²) >= 11 is 5.76. The second-order valence-corrected chi connectivity index (χ2v) is 4.59. The molecule has 0 amide bonds. The van der Waals surface area contributed by atoms with Crippen molar-refractivity contribution in [1.29, 1.82) is 0 Å². The lowest BCUT2D eigenvalue weighted by Gasteiger charge is -2.05. The fourth-order valence-corrected chi connectivity index (χ4v) is 2.23. The molecular formula is C12H13ClN4. The molecule has 0 aromatic carbocycles. The molecule has 0 bridgehead atoms. The molecule has 2 aromatic heterocycles. The SMILES string of the molecule is Clc1ccc(-c2cnc([C@@H]3CCCN3)[nH]2)cn1. The summed E-state index contributed by atoms with van der Waals surface area (Å²) in [7, 11) is 0. The predicted molar refractivity (Wildman–Crippen MR) is 66.8 cm³/mol. The highest BCUT2D eigenvalue weighted by Crippen LogP contribution is 2.23. The maximum Gasteiger partial charge on any atom is 0.129 e. The van der Waals surface area contributed by atoms with Crippen molar-refractivity contribution in [2.45, 2.75) is 18.9 Å². The van der Waals surface area contributed by atoms with Gasteiger partial charge in [0.15, 0.2) is 0 Å². The third-order valence-electron chi connectivity index (χ3n) is 3.02. The molecule has 5 heteroatoms. The Morgan fingerprint density at radius 3 is 2.88 bits per heavy atom. The van der Waals surface area contributed by atoms with Gasteiger partial charge < -0.3 is 10.3 Å². The zero-order chi connectivity index (χ0) is 11.7. The highest BCUT2D eigenvalue weighted by atomic mass is 35.5. The average molecular weight is 249 g/mol. The van der Waals surface area contributed by atoms with Crippen LogP contribution in [0.4, 0.5) is 0 Å². The van der Waals surface area contributed by atoms with Crippen LogP contribution in [-0.4, -0.2) is 21.5 Å². The molecule has 0 radical (unpaired) electrons. The van der Waals surface area contributed by atoms with E-state index in [2.05, 4.69) is 20.3 Å². The summed E-state index contributed by atoms with van der Waals surface area (Å²) < 4.78 is 0. The fourth-order valence-electron chi connectivity index (χ4n) is 2.11. The Morgan fingerprint density at radius 2 is 2.18 bits per heavy atom. The Hall–Kier alpha value is -1.39. The molecule has 1 aliphatic rings. The van der Waals surface area contributed by atoms with Crippen molar-refractivity contribution in [3.8, 4) is 11.3 Å². The number of hydrogen-bond acceptors (Lipinski definition) is 3. The molecule has 0 saturated carbocycles. The van der Waals surface area contributed by atoms with Crippen LogP contribution < -0.4 is 5.32 Å². The fraction of sp³-hybridized carbons (Fsp3) is 0.333. The number of rotatable bonds is 2. The standard InChI is InChI=1S/C12H13ClN4/c13-11-4-3-8(6-15-11)10-7-16-12(17-10)9-2-1-5-14-9/h3-4,6-7,9,14H,1-2,5H2,(H,16,17)/t9-/m0/s1. The molecule has 1 saturated heterocycles. The number of aromatic nitrogens is 3. The maximum absolute atomic E-state index is 5.76. The number of nitrogens with zero attached hydrogens (tertiary/aromatic N) is 2. The summed E-state index contributed by atoms with van der Waals surface area (Å²) in [4.78, 5) is 11.8. The number of halogens is 1. The Balaban J connectivity index is 1.86. The van der Waals surface area contributed by atoms with Crippen molar-refractivity contribution in [1.82, 2.24) is 20.3 Å². The minimum atomic E-state index is 0.365. The van der Waals surface area contributed by atoms with Crippen LogP contribution in [-0.2, 0) is 0 Å². The zero-order valence-electron chi connectivity index (χ0n) is 9.28. The average Bonchev–Trinajstić information content (AvgIpc) is 3.00. The minimum Gasteiger partial charge on any atom is -0.341 e. The second kappa shape index (κ2) is 4.47. The van der Waals surface area contributed by atoms with Gasteiger partial charge in [0.2, 0.25) is 0 Å². The van der Waals surface area contributed by atoms with Crippen molar-refractivity contribution in [2.75, 3.05) is 6.54 Å². The largest absolute Gasteiger partial charge is 0.341 e. The molecule has 1 aliphatic heterocycles. The van der Waals surface area contributed by atoms with Crippen molar-refractivity contribution in [2.24, 2.45) is 0 Å². The lowest BCUT2D eigenvalue weighted by atomic mass is 10.2. The van der Waals surface area contributed by atoms with Gasteiger partial charge in [-0.25, -0.2) is 9.97 Å². The molecule has 17 heavy (non-hydrogen) atoms. The van der Waals surface area contributed by atoms with E-state index >= 15 is 0 Å². The highest BCUT2D eigenvalue weighted by molar-refractivity contribution is 6.29. The van der Waals surface area contributed by atoms with Crippen LogP contribution in [0, 0.1) is 0 Å². The van der Waals surface area contributed by atoms with E-state index in [-0.39, 0.29) is 0 Å². The van der Waals surface area contributed by atoms with E-state index in [0.29, 0.717) is 11.2 Å². The van der Waals surface area contributed by atoms with Gasteiger partial charge in [0.25, 0.3) is 0 Å². The smallest absolute Gasteiger partial charge is 0.129 e. The van der Waals surface area contributed by atoms with Gasteiger partial charge >= 0.3 is 0 Å². The van der Waals surface area contributed by atoms with Crippen LogP contribution in [0.25, 0.3) is 11.3 Å². The van der Waals surface area contributed by atoms with Gasteiger partial charge in [0, 0.05) is 11.8 Å². The number of pyridine rings is 1. The molecular weight excluding hydrogens is 236 g/mol. The first kappa shape index (κ1) is 10.7. The van der Waals surface area contributed by atoms with Crippen LogP contribution in [0.5, 0.6) is 0 Å². The van der Waals surface area contributed by atoms with Crippen LogP contribution >= 0.6 is 11.6 Å². The van der Waals surface area contributed by atoms with E-state index in [1.807, 2.05) is 12.3 Å². The Kier molecular flexibility index (Phi) is 2.82. The summed E-state index contributed by atoms with van der Waals surface area (Å²) in [5.74, 6) is 1.01. The summed E-state index contributed by atoms with van der Waals surface area (Å²) in [6, 6.07) is 4.09. The van der Waals surface area contributed by atoms with E-state index in [4.69, 9.17) is 11.6 Å². The Morgan fingerprint density at radius 1 is 1.24 bits per heavy atom. The van der Waals surface area contributed by atoms with E-state index in [1.54, 1.807) is 12.3 Å². The summed E-state index contributed by atoms with van der Waals surface area (Å²) in [5, 5.41) is 3.92. The third-order valence-corrected chi connectivity index (χ3v) is 3.25. The molecule has 88 valence electrons. The van der Waals surface area contributed by atoms with Gasteiger partial charge in [-0.3, -0.25) is 0 Å².